The number of hydrogen-bond acceptors (Lipinski definition) is 5. The molecule has 0 atom stereocenters. The van der Waals surface area contributed by atoms with Crippen LogP contribution in [0.3, 0.4) is 0 Å². The lowest BCUT2D eigenvalue weighted by molar-refractivity contribution is 0.355. The number of ether oxygens (including phenoxy) is 2. The van der Waals surface area contributed by atoms with E-state index in [1.807, 2.05) is 54.6 Å². The average molecular weight is 478 g/mol. The van der Waals surface area contributed by atoms with Crippen LogP contribution in [0.15, 0.2) is 97.6 Å². The summed E-state index contributed by atoms with van der Waals surface area (Å²) in [6, 6.07) is 30.2. The molecule has 0 heterocycles. The van der Waals surface area contributed by atoms with Gasteiger partial charge in [0.05, 0.1) is 25.6 Å². The molecule has 0 fully saturated rings. The molecular formula is C31H31N3O2. The van der Waals surface area contributed by atoms with Gasteiger partial charge in [-0.3, -0.25) is 0 Å². The van der Waals surface area contributed by atoms with Gasteiger partial charge < -0.3 is 25.8 Å². The number of nitrogen functional groups attached to an aromatic ring is 1. The summed E-state index contributed by atoms with van der Waals surface area (Å²) in [7, 11) is 3.26. The Bertz CT molecular complexity index is 1350. The highest BCUT2D eigenvalue weighted by Crippen LogP contribution is 2.30. The Morgan fingerprint density at radius 3 is 2.25 bits per heavy atom. The van der Waals surface area contributed by atoms with Gasteiger partial charge in [0.2, 0.25) is 0 Å². The third kappa shape index (κ3) is 6.27. The number of nitrogens with one attached hydrogen (secondary N) is 2. The molecular weight excluding hydrogens is 446 g/mol. The second-order valence-corrected chi connectivity index (χ2v) is 8.31. The molecule has 0 amide bonds. The molecule has 0 aromatic heterocycles. The van der Waals surface area contributed by atoms with E-state index in [-0.39, 0.29) is 0 Å². The quantitative estimate of drug-likeness (QED) is 0.167. The zero-order valence-corrected chi connectivity index (χ0v) is 20.6. The topological polar surface area (TPSA) is 68.5 Å². The molecule has 0 aliphatic heterocycles. The number of hydrogen-bond donors (Lipinski definition) is 3. The van der Waals surface area contributed by atoms with Crippen molar-refractivity contribution >= 4 is 34.9 Å². The normalized spacial score (nSPS) is 10.7. The molecule has 4 N–H and O–H groups in total. The van der Waals surface area contributed by atoms with Crippen molar-refractivity contribution in [1.82, 2.24) is 0 Å². The molecule has 4 aromatic carbocycles. The molecule has 0 saturated heterocycles. The summed E-state index contributed by atoms with van der Waals surface area (Å²) in [6.07, 6.45) is 4.15. The predicted molar refractivity (Wildman–Crippen MR) is 152 cm³/mol. The van der Waals surface area contributed by atoms with Gasteiger partial charge in [-0.2, -0.15) is 0 Å². The van der Waals surface area contributed by atoms with Crippen molar-refractivity contribution in [2.24, 2.45) is 0 Å². The van der Waals surface area contributed by atoms with Gasteiger partial charge >= 0.3 is 0 Å². The lowest BCUT2D eigenvalue weighted by Crippen LogP contribution is -2.03. The van der Waals surface area contributed by atoms with E-state index in [2.05, 4.69) is 65.8 Å². The highest BCUT2D eigenvalue weighted by atomic mass is 16.5. The second kappa shape index (κ2) is 11.7. The summed E-state index contributed by atoms with van der Waals surface area (Å²) < 4.78 is 10.7. The minimum absolute atomic E-state index is 0.670. The number of anilines is 3. The van der Waals surface area contributed by atoms with Crippen molar-refractivity contribution in [3.63, 3.8) is 0 Å². The van der Waals surface area contributed by atoms with Crippen molar-refractivity contribution in [3.05, 3.63) is 120 Å². The van der Waals surface area contributed by atoms with Gasteiger partial charge in [-0.15, -0.1) is 0 Å². The van der Waals surface area contributed by atoms with Crippen LogP contribution < -0.4 is 25.8 Å². The van der Waals surface area contributed by atoms with Gasteiger partial charge in [0.15, 0.2) is 11.5 Å². The van der Waals surface area contributed by atoms with Gasteiger partial charge in [0.25, 0.3) is 0 Å². The zero-order valence-electron chi connectivity index (χ0n) is 20.6. The molecule has 0 unspecified atom stereocenters. The van der Waals surface area contributed by atoms with Crippen molar-refractivity contribution in [2.75, 3.05) is 30.6 Å². The lowest BCUT2D eigenvalue weighted by Gasteiger charge is -2.14. The van der Waals surface area contributed by atoms with Crippen molar-refractivity contribution in [2.45, 2.75) is 6.54 Å². The van der Waals surface area contributed by atoms with Gasteiger partial charge in [-0.05, 0) is 46.5 Å². The van der Waals surface area contributed by atoms with E-state index in [4.69, 9.17) is 15.2 Å². The van der Waals surface area contributed by atoms with Crippen LogP contribution in [0.4, 0.5) is 17.1 Å². The molecule has 36 heavy (non-hydrogen) atoms. The number of rotatable bonds is 10. The van der Waals surface area contributed by atoms with E-state index in [1.165, 1.54) is 0 Å². The summed E-state index contributed by atoms with van der Waals surface area (Å²) >= 11 is 0. The van der Waals surface area contributed by atoms with Crippen LogP contribution >= 0.6 is 0 Å². The standard InChI is InChI=1S/C31H31N3O2/c1-22(34-29-19-24(13-17-28(29)32)10-9-23-7-5-4-6-8-23)26-14-11-25(12-15-26)21-33-27-16-18-30(35-2)31(20-27)36-3/h4-20,33-34H,1,21,32H2,2-3H3/b10-9+. The van der Waals surface area contributed by atoms with Crippen LogP contribution in [-0.4, -0.2) is 14.2 Å². The number of benzene rings is 4. The minimum Gasteiger partial charge on any atom is -0.493 e. The van der Waals surface area contributed by atoms with Crippen LogP contribution in [0, 0.1) is 0 Å². The Kier molecular flexibility index (Phi) is 7.94. The molecule has 0 aliphatic rings. The molecule has 0 spiro atoms. The van der Waals surface area contributed by atoms with E-state index in [0.717, 1.165) is 39.3 Å². The van der Waals surface area contributed by atoms with E-state index < -0.39 is 0 Å². The maximum Gasteiger partial charge on any atom is 0.162 e. The van der Waals surface area contributed by atoms with Crippen molar-refractivity contribution in [3.8, 4) is 11.5 Å². The first-order valence-electron chi connectivity index (χ1n) is 11.7. The van der Waals surface area contributed by atoms with Crippen LogP contribution in [0.5, 0.6) is 11.5 Å². The fourth-order valence-electron chi connectivity index (χ4n) is 3.75. The van der Waals surface area contributed by atoms with Crippen LogP contribution in [0.1, 0.15) is 22.3 Å². The first kappa shape index (κ1) is 24.5. The summed E-state index contributed by atoms with van der Waals surface area (Å²) in [5, 5.41) is 6.79. The highest BCUT2D eigenvalue weighted by molar-refractivity contribution is 5.83. The highest BCUT2D eigenvalue weighted by Gasteiger charge is 2.06. The Labute approximate surface area is 212 Å². The first-order valence-corrected chi connectivity index (χ1v) is 11.7. The molecule has 0 saturated carbocycles. The smallest absolute Gasteiger partial charge is 0.162 e. The molecule has 0 bridgehead atoms. The van der Waals surface area contributed by atoms with Crippen molar-refractivity contribution < 1.29 is 9.47 Å². The summed E-state index contributed by atoms with van der Waals surface area (Å²) in [4.78, 5) is 0. The second-order valence-electron chi connectivity index (χ2n) is 8.31. The van der Waals surface area contributed by atoms with Crippen LogP contribution in [0.2, 0.25) is 0 Å². The van der Waals surface area contributed by atoms with Crippen molar-refractivity contribution in [1.29, 1.82) is 0 Å². The molecule has 4 rings (SSSR count). The Balaban J connectivity index is 1.38. The third-order valence-corrected chi connectivity index (χ3v) is 5.81. The Morgan fingerprint density at radius 2 is 1.53 bits per heavy atom. The Hall–Kier alpha value is -4.64. The van der Waals surface area contributed by atoms with E-state index >= 15 is 0 Å². The minimum atomic E-state index is 0.670. The van der Waals surface area contributed by atoms with Gasteiger partial charge in [0.1, 0.15) is 0 Å². The summed E-state index contributed by atoms with van der Waals surface area (Å²) in [6.45, 7) is 4.90. The maximum absolute atomic E-state index is 6.23. The molecule has 182 valence electrons. The monoisotopic (exact) mass is 477 g/mol. The molecule has 5 nitrogen and oxygen atoms in total. The Morgan fingerprint density at radius 1 is 0.806 bits per heavy atom. The lowest BCUT2D eigenvalue weighted by atomic mass is 10.1. The largest absolute Gasteiger partial charge is 0.493 e. The van der Waals surface area contributed by atoms with E-state index in [0.29, 0.717) is 23.7 Å². The molecule has 4 aromatic rings. The number of nitrogens with two attached hydrogens (primary N) is 1. The summed E-state index contributed by atoms with van der Waals surface area (Å²) in [5.41, 5.74) is 13.8. The maximum atomic E-state index is 6.23. The van der Waals surface area contributed by atoms with Crippen LogP contribution in [-0.2, 0) is 6.54 Å². The fourth-order valence-corrected chi connectivity index (χ4v) is 3.75. The third-order valence-electron chi connectivity index (χ3n) is 5.81. The van der Waals surface area contributed by atoms with Gasteiger partial charge in [-0.1, -0.05) is 79.4 Å². The van der Waals surface area contributed by atoms with E-state index in [1.54, 1.807) is 14.2 Å². The number of methoxy groups -OCH3 is 2. The van der Waals surface area contributed by atoms with Crippen LogP contribution in [0.25, 0.3) is 17.8 Å². The fraction of sp³-hybridized carbons (Fsp3) is 0.0968. The summed E-state index contributed by atoms with van der Waals surface area (Å²) in [5.74, 6) is 1.40. The zero-order chi connectivity index (χ0) is 25.3. The average Bonchev–Trinajstić information content (AvgIpc) is 2.93. The molecule has 0 radical (unpaired) electrons. The van der Waals surface area contributed by atoms with Gasteiger partial charge in [-0.25, -0.2) is 0 Å². The van der Waals surface area contributed by atoms with E-state index in [9.17, 15) is 0 Å². The first-order chi connectivity index (χ1) is 17.6. The van der Waals surface area contributed by atoms with Gasteiger partial charge in [0, 0.05) is 24.0 Å². The molecule has 0 aliphatic carbocycles. The predicted octanol–water partition coefficient (Wildman–Crippen LogP) is 7.15. The molecule has 5 heteroatoms. The SMILES string of the molecule is C=C(Nc1cc(/C=C/c2ccccc2)ccc1N)c1ccc(CNc2ccc(OC)c(OC)c2)cc1.